The van der Waals surface area contributed by atoms with E-state index >= 15 is 0 Å². The third-order valence-electron chi connectivity index (χ3n) is 5.79. The number of nitrogens with one attached hydrogen (secondary N) is 1. The maximum absolute atomic E-state index is 13.0. The first kappa shape index (κ1) is 27.0. The van der Waals surface area contributed by atoms with Gasteiger partial charge >= 0.3 is 10.3 Å². The number of hydrogen-bond donors (Lipinski definition) is 3. The minimum Gasteiger partial charge on any atom is -0.617 e. The quantitative estimate of drug-likeness (QED) is 0.0818. The van der Waals surface area contributed by atoms with Gasteiger partial charge < -0.3 is 26.2 Å². The van der Waals surface area contributed by atoms with E-state index in [9.17, 15) is 24.7 Å². The predicted molar refractivity (Wildman–Crippen MR) is 149 cm³/mol. The number of fused-ring (bicyclic) bond motifs is 1. The smallest absolute Gasteiger partial charge is 0.352 e. The molecule has 1 saturated heterocycles. The van der Waals surface area contributed by atoms with Gasteiger partial charge in [0.05, 0.1) is 5.38 Å². The number of nitrogen functional groups attached to an aromatic ring is 1. The number of rotatable bonds is 9. The van der Waals surface area contributed by atoms with Crippen LogP contribution in [0.1, 0.15) is 5.69 Å². The van der Waals surface area contributed by atoms with Gasteiger partial charge in [0.2, 0.25) is 5.69 Å². The monoisotopic (exact) mass is 604 g/mol. The van der Waals surface area contributed by atoms with Crippen LogP contribution >= 0.6 is 46.2 Å². The molecule has 2 aliphatic rings. The molecule has 2 amide bonds. The lowest BCUT2D eigenvalue weighted by Gasteiger charge is -2.49. The Morgan fingerprint density at radius 2 is 2.10 bits per heavy atom. The van der Waals surface area contributed by atoms with E-state index in [1.165, 1.54) is 52.3 Å². The first-order valence-corrected chi connectivity index (χ1v) is 15.0. The summed E-state index contributed by atoms with van der Waals surface area (Å²) in [4.78, 5) is 48.1. The molecule has 1 unspecified atom stereocenters. The summed E-state index contributed by atoms with van der Waals surface area (Å²) in [5.74, 6) is -1.98. The minimum absolute atomic E-state index is 0.128. The Morgan fingerprint density at radius 1 is 1.33 bits per heavy atom. The highest BCUT2D eigenvalue weighted by atomic mass is 32.2. The summed E-state index contributed by atoms with van der Waals surface area (Å²) in [6.45, 7) is 0. The van der Waals surface area contributed by atoms with Crippen molar-refractivity contribution in [1.29, 1.82) is 0 Å². The third-order valence-corrected chi connectivity index (χ3v) is 10.1. The van der Waals surface area contributed by atoms with Gasteiger partial charge in [0, 0.05) is 22.4 Å². The molecule has 1 aromatic carbocycles. The van der Waals surface area contributed by atoms with Crippen molar-refractivity contribution in [3.05, 3.63) is 63.3 Å². The molecule has 4 N–H and O–H groups in total. The second-order valence-corrected chi connectivity index (χ2v) is 12.2. The van der Waals surface area contributed by atoms with Gasteiger partial charge in [-0.05, 0) is 29.5 Å². The van der Waals surface area contributed by atoms with Crippen LogP contribution in [0.2, 0.25) is 0 Å². The van der Waals surface area contributed by atoms with Crippen LogP contribution in [-0.4, -0.2) is 68.5 Å². The van der Waals surface area contributed by atoms with Crippen molar-refractivity contribution in [2.24, 2.45) is 5.16 Å². The van der Waals surface area contributed by atoms with E-state index in [0.29, 0.717) is 21.4 Å². The second kappa shape index (κ2) is 11.3. The molecule has 2 aromatic heterocycles. The number of carbonyl (C=O) groups excluding carboxylic acids is 2. The summed E-state index contributed by atoms with van der Waals surface area (Å²) in [7, 11) is 1.27. The average molecular weight is 605 g/mol. The van der Waals surface area contributed by atoms with Gasteiger partial charge in [0.15, 0.2) is 10.8 Å². The number of carboxylic acids is 1. The predicted octanol–water partition coefficient (Wildman–Crippen LogP) is 1.97. The number of β-lactam (4-membered cyclic amide) rings is 1. The Hall–Kier alpha value is -3.60. The molecule has 12 nitrogen and oxygen atoms in total. The largest absolute Gasteiger partial charge is 0.617 e. The molecule has 3 aromatic rings. The van der Waals surface area contributed by atoms with Crippen LogP contribution < -0.4 is 15.8 Å². The fraction of sp³-hybridized carbons (Fsp3) is 0.217. The van der Waals surface area contributed by atoms with Crippen molar-refractivity contribution in [2.75, 3.05) is 24.3 Å². The van der Waals surface area contributed by atoms with E-state index in [1.54, 1.807) is 5.38 Å². The number of hydrogen-bond acceptors (Lipinski definition) is 12. The Morgan fingerprint density at radius 3 is 2.77 bits per heavy atom. The lowest BCUT2D eigenvalue weighted by atomic mass is 10.0. The molecule has 39 heavy (non-hydrogen) atoms. The SMILES string of the molecule is CON=C(C(=O)NC1C(=O)N2C(C(=O)O)=C(CSc3scc(-c4ccccc4)[n+]3[O-])CS[C@@H]12)c1csc(N)n1. The number of aromatic nitrogens is 2. The van der Waals surface area contributed by atoms with E-state index in [2.05, 4.69) is 15.5 Å². The number of anilines is 1. The fourth-order valence-electron chi connectivity index (χ4n) is 4.03. The van der Waals surface area contributed by atoms with E-state index in [0.717, 1.165) is 21.6 Å². The molecular formula is C23H20N6O6S4. The summed E-state index contributed by atoms with van der Waals surface area (Å²) < 4.78 is 1.30. The van der Waals surface area contributed by atoms with Gasteiger partial charge in [-0.2, -0.15) is 0 Å². The number of oxime groups is 1. The van der Waals surface area contributed by atoms with Crippen molar-refractivity contribution in [1.82, 2.24) is 15.2 Å². The summed E-state index contributed by atoms with van der Waals surface area (Å²) in [5, 5.41) is 32.0. The molecular weight excluding hydrogens is 585 g/mol. The highest BCUT2D eigenvalue weighted by Gasteiger charge is 2.54. The van der Waals surface area contributed by atoms with Gasteiger partial charge in [-0.15, -0.1) is 27.8 Å². The van der Waals surface area contributed by atoms with Gasteiger partial charge in [-0.25, -0.2) is 9.78 Å². The maximum atomic E-state index is 13.0. The van der Waals surface area contributed by atoms with E-state index in [-0.39, 0.29) is 28.0 Å². The zero-order chi connectivity index (χ0) is 27.7. The zero-order valence-electron chi connectivity index (χ0n) is 20.1. The molecule has 0 bridgehead atoms. The lowest BCUT2D eigenvalue weighted by Crippen LogP contribution is -2.71. The number of aliphatic carboxylic acids is 1. The standard InChI is InChI=1S/C23H20N6O6S4/c1-35-27-15(13-9-37-22(24)25-13)18(30)26-16-19(31)28-17(21(32)33)12(7-36-20(16)28)8-38-23-29(34)14(10-39-23)11-5-3-2-4-6-11/h2-6,9-10,16,20H,7-8H2,1H3,(H2,24,25)(H,26,30)(H,32,33)/t16?,20-/m0/s1. The summed E-state index contributed by atoms with van der Waals surface area (Å²) in [5.41, 5.74) is 7.38. The number of thiazole rings is 2. The number of nitrogens with two attached hydrogens (primary N) is 1. The molecule has 0 spiro atoms. The second-order valence-electron chi connectivity index (χ2n) is 8.15. The number of benzene rings is 1. The number of amides is 2. The molecule has 16 heteroatoms. The first-order valence-electron chi connectivity index (χ1n) is 11.2. The van der Waals surface area contributed by atoms with Crippen molar-refractivity contribution in [2.45, 2.75) is 15.8 Å². The normalized spacial score (nSPS) is 18.9. The number of nitrogens with zero attached hydrogens (tertiary/aromatic N) is 4. The van der Waals surface area contributed by atoms with Gasteiger partial charge in [-0.3, -0.25) is 14.5 Å². The third kappa shape index (κ3) is 5.19. The molecule has 202 valence electrons. The van der Waals surface area contributed by atoms with E-state index in [4.69, 9.17) is 10.6 Å². The molecule has 1 fully saturated rings. The number of thioether (sulfide) groups is 2. The lowest BCUT2D eigenvalue weighted by molar-refractivity contribution is -0.626. The topological polar surface area (TPSA) is 174 Å². The van der Waals surface area contributed by atoms with Crippen LogP contribution in [0.3, 0.4) is 0 Å². The summed E-state index contributed by atoms with van der Waals surface area (Å²) in [6, 6.07) is 8.28. The van der Waals surface area contributed by atoms with Crippen LogP contribution in [0.15, 0.2) is 61.9 Å². The highest BCUT2D eigenvalue weighted by molar-refractivity contribution is 8.01. The highest BCUT2D eigenvalue weighted by Crippen LogP contribution is 2.42. The maximum Gasteiger partial charge on any atom is 0.352 e. The molecule has 0 aliphatic carbocycles. The van der Waals surface area contributed by atoms with E-state index < -0.39 is 29.2 Å². The average Bonchev–Trinajstić information content (AvgIpc) is 3.53. The van der Waals surface area contributed by atoms with Gasteiger partial charge in [0.1, 0.15) is 29.9 Å². The molecule has 0 radical (unpaired) electrons. The number of carboxylic acid groups (broad SMARTS) is 1. The van der Waals surface area contributed by atoms with E-state index in [1.807, 2.05) is 30.3 Å². The van der Waals surface area contributed by atoms with Crippen LogP contribution in [0, 0.1) is 5.21 Å². The van der Waals surface area contributed by atoms with Crippen molar-refractivity contribution >= 4 is 74.8 Å². The van der Waals surface area contributed by atoms with Crippen molar-refractivity contribution in [3.8, 4) is 11.3 Å². The summed E-state index contributed by atoms with van der Waals surface area (Å²) in [6.07, 6.45) is 0. The Bertz CT molecular complexity index is 1500. The fourth-order valence-corrected chi connectivity index (χ4v) is 8.04. The number of carbonyl (C=O) groups is 3. The van der Waals surface area contributed by atoms with Crippen molar-refractivity contribution < 1.29 is 29.1 Å². The Balaban J connectivity index is 1.30. The molecule has 2 aliphatic heterocycles. The van der Waals surface area contributed by atoms with Crippen LogP contribution in [0.25, 0.3) is 11.3 Å². The van der Waals surface area contributed by atoms with Crippen LogP contribution in [0.4, 0.5) is 5.13 Å². The van der Waals surface area contributed by atoms with Gasteiger partial charge in [-0.1, -0.05) is 34.7 Å². The Kier molecular flexibility index (Phi) is 7.79. The van der Waals surface area contributed by atoms with Crippen LogP contribution in [0.5, 0.6) is 0 Å². The molecule has 2 atom stereocenters. The minimum atomic E-state index is -1.25. The molecule has 5 rings (SSSR count). The zero-order valence-corrected chi connectivity index (χ0v) is 23.4. The first-order chi connectivity index (χ1) is 18.8. The van der Waals surface area contributed by atoms with Gasteiger partial charge in [0.25, 0.3) is 11.8 Å². The molecule has 0 saturated carbocycles. The van der Waals surface area contributed by atoms with Crippen LogP contribution in [-0.2, 0) is 19.2 Å². The summed E-state index contributed by atoms with van der Waals surface area (Å²) >= 11 is 4.94. The molecule has 4 heterocycles. The Labute approximate surface area is 238 Å². The van der Waals surface area contributed by atoms with Crippen molar-refractivity contribution in [3.63, 3.8) is 0 Å².